The zero-order valence-electron chi connectivity index (χ0n) is 11.6. The highest BCUT2D eigenvalue weighted by molar-refractivity contribution is 5.77. The molecule has 0 unspecified atom stereocenters. The third-order valence-corrected chi connectivity index (χ3v) is 3.81. The molecule has 2 aliphatic rings. The third-order valence-electron chi connectivity index (χ3n) is 3.81. The highest BCUT2D eigenvalue weighted by Crippen LogP contribution is 2.50. The molecule has 1 aliphatic carbocycles. The maximum atomic E-state index is 11.1. The first-order valence-electron chi connectivity index (χ1n) is 6.68. The number of hydrogen-bond donors (Lipinski definition) is 0. The van der Waals surface area contributed by atoms with Gasteiger partial charge in [0.2, 0.25) is 0 Å². The summed E-state index contributed by atoms with van der Waals surface area (Å²) in [7, 11) is 0. The van der Waals surface area contributed by atoms with Crippen LogP contribution in [0.4, 0.5) is 0 Å². The molecule has 0 N–H and O–H groups in total. The molecule has 0 bridgehead atoms. The van der Waals surface area contributed by atoms with E-state index in [0.717, 1.165) is 13.1 Å². The average Bonchev–Trinajstić information content (AvgIpc) is 2.43. The van der Waals surface area contributed by atoms with Crippen LogP contribution in [0.2, 0.25) is 0 Å². The molecule has 1 spiro atoms. The second-order valence-corrected chi connectivity index (χ2v) is 6.92. The lowest BCUT2D eigenvalue weighted by molar-refractivity contribution is -0.140. The molecule has 1 saturated heterocycles. The van der Waals surface area contributed by atoms with Crippen LogP contribution in [-0.2, 0) is 9.53 Å². The summed E-state index contributed by atoms with van der Waals surface area (Å²) in [6.45, 7) is 10.8. The molecule has 0 radical (unpaired) electrons. The number of hydrogen-bond acceptors (Lipinski definition) is 3. The van der Waals surface area contributed by atoms with Gasteiger partial charge in [0.15, 0.2) is 0 Å². The molecule has 0 aromatic carbocycles. The molecule has 1 heterocycles. The topological polar surface area (TPSA) is 29.5 Å². The molecule has 98 valence electrons. The fourth-order valence-corrected chi connectivity index (χ4v) is 3.30. The Morgan fingerprint density at radius 2 is 2.06 bits per heavy atom. The van der Waals surface area contributed by atoms with E-state index >= 15 is 0 Å². The smallest absolute Gasteiger partial charge is 0.143 e. The molecule has 3 heteroatoms. The predicted octanol–water partition coefficient (Wildman–Crippen LogP) is 2.25. The molecule has 0 amide bonds. The highest BCUT2D eigenvalue weighted by atomic mass is 16.5. The summed E-state index contributed by atoms with van der Waals surface area (Å²) in [6, 6.07) is 0. The van der Waals surface area contributed by atoms with Crippen molar-refractivity contribution in [2.45, 2.75) is 58.7 Å². The van der Waals surface area contributed by atoms with Crippen LogP contribution in [0.1, 0.15) is 47.0 Å². The van der Waals surface area contributed by atoms with Gasteiger partial charge in [-0.25, -0.2) is 0 Å². The van der Waals surface area contributed by atoms with Gasteiger partial charge in [-0.1, -0.05) is 0 Å². The van der Waals surface area contributed by atoms with Gasteiger partial charge in [0.05, 0.1) is 18.2 Å². The minimum Gasteiger partial charge on any atom is -0.373 e. The summed E-state index contributed by atoms with van der Waals surface area (Å²) < 4.78 is 5.99. The van der Waals surface area contributed by atoms with Crippen molar-refractivity contribution in [2.75, 3.05) is 19.6 Å². The molecular weight excluding hydrogens is 214 g/mol. The van der Waals surface area contributed by atoms with Gasteiger partial charge in [-0.05, 0) is 58.9 Å². The van der Waals surface area contributed by atoms with Gasteiger partial charge in [0.1, 0.15) is 5.78 Å². The fourth-order valence-electron chi connectivity index (χ4n) is 3.30. The van der Waals surface area contributed by atoms with Crippen LogP contribution in [0.15, 0.2) is 0 Å². The number of carbonyl (C=O) groups is 1. The standard InChI is InChI=1S/C14H25NO2/c1-11(16)9-15-6-5-14(10-15)7-12(8-14)17-13(2,3)4/h12H,5-10H2,1-4H3. The van der Waals surface area contributed by atoms with Crippen LogP contribution >= 0.6 is 0 Å². The molecule has 17 heavy (non-hydrogen) atoms. The van der Waals surface area contributed by atoms with E-state index in [9.17, 15) is 4.79 Å². The van der Waals surface area contributed by atoms with Gasteiger partial charge in [-0.3, -0.25) is 9.69 Å². The van der Waals surface area contributed by atoms with Crippen molar-refractivity contribution >= 4 is 5.78 Å². The van der Waals surface area contributed by atoms with E-state index in [2.05, 4.69) is 25.7 Å². The molecule has 3 nitrogen and oxygen atoms in total. The van der Waals surface area contributed by atoms with Crippen LogP contribution in [0, 0.1) is 5.41 Å². The number of carbonyl (C=O) groups excluding carboxylic acids is 1. The first-order chi connectivity index (χ1) is 7.78. The van der Waals surface area contributed by atoms with Crippen LogP contribution in [0.25, 0.3) is 0 Å². The number of likely N-dealkylation sites (tertiary alicyclic amines) is 1. The minimum atomic E-state index is -0.0239. The van der Waals surface area contributed by atoms with E-state index in [-0.39, 0.29) is 11.4 Å². The Labute approximate surface area is 105 Å². The van der Waals surface area contributed by atoms with Gasteiger partial charge in [-0.2, -0.15) is 0 Å². The predicted molar refractivity (Wildman–Crippen MR) is 68.0 cm³/mol. The van der Waals surface area contributed by atoms with Crippen molar-refractivity contribution < 1.29 is 9.53 Å². The molecular formula is C14H25NO2. The Morgan fingerprint density at radius 1 is 1.41 bits per heavy atom. The first kappa shape index (κ1) is 13.0. The van der Waals surface area contributed by atoms with E-state index in [4.69, 9.17) is 4.74 Å². The third kappa shape index (κ3) is 3.29. The SMILES string of the molecule is CC(=O)CN1CCC2(CC(OC(C)(C)C)C2)C1. The zero-order chi connectivity index (χ0) is 12.7. The largest absolute Gasteiger partial charge is 0.373 e. The van der Waals surface area contributed by atoms with E-state index < -0.39 is 0 Å². The number of rotatable bonds is 3. The number of Topliss-reactive ketones (excluding diaryl/α,β-unsaturated/α-hetero) is 1. The molecule has 1 aliphatic heterocycles. The zero-order valence-corrected chi connectivity index (χ0v) is 11.6. The van der Waals surface area contributed by atoms with E-state index in [0.29, 0.717) is 18.1 Å². The van der Waals surface area contributed by atoms with Crippen molar-refractivity contribution in [1.29, 1.82) is 0 Å². The van der Waals surface area contributed by atoms with Crippen molar-refractivity contribution in [3.05, 3.63) is 0 Å². The Kier molecular flexibility index (Phi) is 3.34. The van der Waals surface area contributed by atoms with E-state index in [1.54, 1.807) is 6.92 Å². The van der Waals surface area contributed by atoms with Gasteiger partial charge >= 0.3 is 0 Å². The van der Waals surface area contributed by atoms with Gasteiger partial charge in [-0.15, -0.1) is 0 Å². The maximum absolute atomic E-state index is 11.1. The Morgan fingerprint density at radius 3 is 2.59 bits per heavy atom. The highest BCUT2D eigenvalue weighted by Gasteiger charge is 2.49. The van der Waals surface area contributed by atoms with Crippen molar-refractivity contribution in [1.82, 2.24) is 4.90 Å². The quantitative estimate of drug-likeness (QED) is 0.756. The molecule has 1 saturated carbocycles. The Hall–Kier alpha value is -0.410. The Bertz CT molecular complexity index is 300. The minimum absolute atomic E-state index is 0.0239. The van der Waals surface area contributed by atoms with E-state index in [1.807, 2.05) is 0 Å². The van der Waals surface area contributed by atoms with Crippen molar-refractivity contribution in [3.63, 3.8) is 0 Å². The number of ether oxygens (including phenoxy) is 1. The average molecular weight is 239 g/mol. The lowest BCUT2D eigenvalue weighted by Crippen LogP contribution is -2.47. The number of ketones is 1. The number of nitrogens with zero attached hydrogens (tertiary/aromatic N) is 1. The van der Waals surface area contributed by atoms with E-state index in [1.165, 1.54) is 19.3 Å². The van der Waals surface area contributed by atoms with Crippen LogP contribution in [0.5, 0.6) is 0 Å². The normalized spacial score (nSPS) is 34.0. The lowest BCUT2D eigenvalue weighted by atomic mass is 9.66. The van der Waals surface area contributed by atoms with Gasteiger partial charge < -0.3 is 4.74 Å². The lowest BCUT2D eigenvalue weighted by Gasteiger charge is -2.47. The summed E-state index contributed by atoms with van der Waals surface area (Å²) >= 11 is 0. The van der Waals surface area contributed by atoms with Gasteiger partial charge in [0.25, 0.3) is 0 Å². The Balaban J connectivity index is 1.77. The summed E-state index contributed by atoms with van der Waals surface area (Å²) in [5.41, 5.74) is 0.440. The fraction of sp³-hybridized carbons (Fsp3) is 0.929. The molecule has 0 aromatic heterocycles. The molecule has 0 atom stereocenters. The van der Waals surface area contributed by atoms with Crippen LogP contribution in [-0.4, -0.2) is 42.0 Å². The summed E-state index contributed by atoms with van der Waals surface area (Å²) in [5, 5.41) is 0. The molecule has 2 fully saturated rings. The van der Waals surface area contributed by atoms with Crippen LogP contribution in [0.3, 0.4) is 0 Å². The summed E-state index contributed by atoms with van der Waals surface area (Å²) in [4.78, 5) is 13.4. The van der Waals surface area contributed by atoms with Crippen molar-refractivity contribution in [3.8, 4) is 0 Å². The maximum Gasteiger partial charge on any atom is 0.143 e. The second kappa shape index (κ2) is 4.36. The molecule has 0 aromatic rings. The summed E-state index contributed by atoms with van der Waals surface area (Å²) in [5.74, 6) is 0.281. The second-order valence-electron chi connectivity index (χ2n) is 6.92. The van der Waals surface area contributed by atoms with Crippen molar-refractivity contribution in [2.24, 2.45) is 5.41 Å². The first-order valence-corrected chi connectivity index (χ1v) is 6.68. The summed E-state index contributed by atoms with van der Waals surface area (Å²) in [6.07, 6.45) is 4.04. The monoisotopic (exact) mass is 239 g/mol. The molecule has 2 rings (SSSR count). The van der Waals surface area contributed by atoms with Gasteiger partial charge in [0, 0.05) is 6.54 Å². The van der Waals surface area contributed by atoms with Crippen LogP contribution < -0.4 is 0 Å².